The summed E-state index contributed by atoms with van der Waals surface area (Å²) in [5.41, 5.74) is 1.32. The lowest BCUT2D eigenvalue weighted by Crippen LogP contribution is -2.41. The summed E-state index contributed by atoms with van der Waals surface area (Å²) >= 11 is 2.05. The lowest BCUT2D eigenvalue weighted by molar-refractivity contribution is -0.144. The Morgan fingerprint density at radius 3 is 2.52 bits per heavy atom. The van der Waals surface area contributed by atoms with Crippen molar-refractivity contribution in [2.45, 2.75) is 24.3 Å². The highest BCUT2D eigenvalue weighted by atomic mass is 127. The monoisotopic (exact) mass is 473 g/mol. The molecule has 0 bridgehead atoms. The Morgan fingerprint density at radius 1 is 1.28 bits per heavy atom. The highest BCUT2D eigenvalue weighted by Gasteiger charge is 2.45. The van der Waals surface area contributed by atoms with E-state index in [4.69, 9.17) is 9.15 Å². The summed E-state index contributed by atoms with van der Waals surface area (Å²) in [7, 11) is -2.71. The van der Waals surface area contributed by atoms with Gasteiger partial charge >= 0.3 is 5.97 Å². The van der Waals surface area contributed by atoms with Gasteiger partial charge < -0.3 is 9.15 Å². The molecule has 0 aliphatic carbocycles. The van der Waals surface area contributed by atoms with Crippen molar-refractivity contribution in [3.05, 3.63) is 57.6 Å². The van der Waals surface area contributed by atoms with Crippen LogP contribution in [0.1, 0.15) is 17.7 Å². The van der Waals surface area contributed by atoms with Crippen LogP contribution in [-0.4, -0.2) is 31.8 Å². The number of benzene rings is 1. The van der Waals surface area contributed by atoms with Crippen LogP contribution in [0.3, 0.4) is 0 Å². The molecule has 1 atom stereocenters. The van der Waals surface area contributed by atoms with Gasteiger partial charge in [0.15, 0.2) is 5.76 Å². The normalized spacial score (nSPS) is 17.9. The van der Waals surface area contributed by atoms with Crippen molar-refractivity contribution in [1.82, 2.24) is 4.31 Å². The second-order valence-corrected chi connectivity index (χ2v) is 8.70. The zero-order valence-corrected chi connectivity index (χ0v) is 16.6. The molecule has 0 N–H and O–H groups in total. The largest absolute Gasteiger partial charge is 0.467 e. The molecule has 1 aliphatic heterocycles. The predicted octanol–water partition coefficient (Wildman–Crippen LogP) is 3.33. The Labute approximate surface area is 159 Å². The van der Waals surface area contributed by atoms with Gasteiger partial charge in [-0.2, -0.15) is 0 Å². The summed E-state index contributed by atoms with van der Waals surface area (Å²) in [5.74, 6) is -0.210. The number of sulfonamides is 1. The highest BCUT2D eigenvalue weighted by Crippen LogP contribution is 2.43. The summed E-state index contributed by atoms with van der Waals surface area (Å²) in [4.78, 5) is 12.3. The topological polar surface area (TPSA) is 76.8 Å². The minimum atomic E-state index is -3.96. The molecular weight excluding hydrogens is 457 g/mol. The van der Waals surface area contributed by atoms with Crippen LogP contribution < -0.4 is 0 Å². The quantitative estimate of drug-likeness (QED) is 0.503. The SMILES string of the molecule is COC(=O)C1CC(I)=C(c2ccco2)N1S(=O)(=O)c1ccc(C)cc1. The Kier molecular flexibility index (Phi) is 4.92. The second kappa shape index (κ2) is 6.83. The number of nitrogens with zero attached hydrogens (tertiary/aromatic N) is 1. The Morgan fingerprint density at radius 2 is 1.96 bits per heavy atom. The highest BCUT2D eigenvalue weighted by molar-refractivity contribution is 14.1. The van der Waals surface area contributed by atoms with Gasteiger partial charge in [0.25, 0.3) is 10.0 Å². The van der Waals surface area contributed by atoms with Gasteiger partial charge in [-0.25, -0.2) is 17.5 Å². The van der Waals surface area contributed by atoms with Crippen molar-refractivity contribution in [3.8, 4) is 0 Å². The van der Waals surface area contributed by atoms with E-state index in [2.05, 4.69) is 0 Å². The summed E-state index contributed by atoms with van der Waals surface area (Å²) in [6.45, 7) is 1.88. The number of hydrogen-bond acceptors (Lipinski definition) is 5. The van der Waals surface area contributed by atoms with Gasteiger partial charge in [-0.15, -0.1) is 0 Å². The minimum absolute atomic E-state index is 0.113. The number of esters is 1. The van der Waals surface area contributed by atoms with E-state index in [1.807, 2.05) is 29.5 Å². The Balaban J connectivity index is 2.15. The van der Waals surface area contributed by atoms with Crippen molar-refractivity contribution in [1.29, 1.82) is 0 Å². The number of aryl methyl sites for hydroxylation is 1. The van der Waals surface area contributed by atoms with Crippen LogP contribution in [-0.2, 0) is 19.6 Å². The first-order chi connectivity index (χ1) is 11.9. The van der Waals surface area contributed by atoms with Gasteiger partial charge in [-0.05, 0) is 53.8 Å². The Hall–Kier alpha value is -1.81. The molecule has 132 valence electrons. The number of hydrogen-bond donors (Lipinski definition) is 0. The molecule has 0 saturated carbocycles. The fourth-order valence-electron chi connectivity index (χ4n) is 2.71. The molecule has 0 saturated heterocycles. The molecule has 1 aromatic heterocycles. The number of carbonyl (C=O) groups excluding carboxylic acids is 1. The van der Waals surface area contributed by atoms with Gasteiger partial charge in [-0.3, -0.25) is 0 Å². The average Bonchev–Trinajstić information content (AvgIpc) is 3.21. The summed E-state index contributed by atoms with van der Waals surface area (Å²) in [6, 6.07) is 8.89. The van der Waals surface area contributed by atoms with Crippen LogP contribution in [0.15, 0.2) is 55.6 Å². The maximum atomic E-state index is 13.3. The van der Waals surface area contributed by atoms with E-state index >= 15 is 0 Å². The number of methoxy groups -OCH3 is 1. The van der Waals surface area contributed by atoms with Crippen LogP contribution in [0, 0.1) is 6.92 Å². The van der Waals surface area contributed by atoms with Gasteiger partial charge in [0.2, 0.25) is 0 Å². The Bertz CT molecular complexity index is 916. The van der Waals surface area contributed by atoms with E-state index in [0.29, 0.717) is 11.5 Å². The molecule has 0 radical (unpaired) electrons. The third-order valence-corrected chi connectivity index (χ3v) is 6.71. The van der Waals surface area contributed by atoms with Crippen molar-refractivity contribution in [2.24, 2.45) is 0 Å². The maximum absolute atomic E-state index is 13.3. The molecule has 1 aliphatic rings. The molecule has 2 heterocycles. The van der Waals surface area contributed by atoms with Crippen LogP contribution in [0.2, 0.25) is 0 Å². The number of rotatable bonds is 4. The first-order valence-electron chi connectivity index (χ1n) is 7.47. The number of ether oxygens (including phenoxy) is 1. The third-order valence-electron chi connectivity index (χ3n) is 3.94. The molecule has 3 rings (SSSR count). The van der Waals surface area contributed by atoms with E-state index in [0.717, 1.165) is 13.4 Å². The van der Waals surface area contributed by atoms with Gasteiger partial charge in [0.1, 0.15) is 11.7 Å². The maximum Gasteiger partial charge on any atom is 0.330 e. The van der Waals surface area contributed by atoms with E-state index < -0.39 is 22.0 Å². The van der Waals surface area contributed by atoms with Crippen molar-refractivity contribution >= 4 is 44.3 Å². The van der Waals surface area contributed by atoms with E-state index in [-0.39, 0.29) is 11.3 Å². The smallest absolute Gasteiger partial charge is 0.330 e. The molecule has 0 fully saturated rings. The molecule has 6 nitrogen and oxygen atoms in total. The zero-order chi connectivity index (χ0) is 18.2. The molecule has 0 amide bonds. The average molecular weight is 473 g/mol. The van der Waals surface area contributed by atoms with Crippen molar-refractivity contribution in [2.75, 3.05) is 7.11 Å². The second-order valence-electron chi connectivity index (χ2n) is 5.59. The lowest BCUT2D eigenvalue weighted by Gasteiger charge is -2.26. The summed E-state index contributed by atoms with van der Waals surface area (Å²) in [6.07, 6.45) is 1.71. The van der Waals surface area contributed by atoms with Crippen LogP contribution >= 0.6 is 22.6 Å². The molecule has 1 unspecified atom stereocenters. The van der Waals surface area contributed by atoms with Crippen LogP contribution in [0.5, 0.6) is 0 Å². The van der Waals surface area contributed by atoms with Crippen LogP contribution in [0.25, 0.3) is 5.70 Å². The fraction of sp³-hybridized carbons (Fsp3) is 0.235. The van der Waals surface area contributed by atoms with Crippen molar-refractivity contribution in [3.63, 3.8) is 0 Å². The van der Waals surface area contributed by atoms with E-state index in [9.17, 15) is 13.2 Å². The van der Waals surface area contributed by atoms with Gasteiger partial charge in [0.05, 0.1) is 18.3 Å². The third kappa shape index (κ3) is 3.20. The molecule has 1 aromatic carbocycles. The standard InChI is InChI=1S/C17H16INO5S/c1-11-5-7-12(8-6-11)25(21,22)19-14(17(20)23-2)10-13(18)16(19)15-4-3-9-24-15/h3-9,14H,10H2,1-2H3. The molecule has 0 spiro atoms. The number of halogens is 1. The van der Waals surface area contributed by atoms with E-state index in [1.54, 1.807) is 24.3 Å². The molecule has 25 heavy (non-hydrogen) atoms. The zero-order valence-electron chi connectivity index (χ0n) is 13.6. The van der Waals surface area contributed by atoms with Crippen LogP contribution in [0.4, 0.5) is 0 Å². The lowest BCUT2D eigenvalue weighted by atomic mass is 10.2. The fourth-order valence-corrected chi connectivity index (χ4v) is 5.46. The number of carbonyl (C=O) groups is 1. The molecule has 8 heteroatoms. The first kappa shape index (κ1) is 18.0. The molecule has 2 aromatic rings. The summed E-state index contributed by atoms with van der Waals surface area (Å²) < 4.78 is 38.6. The van der Waals surface area contributed by atoms with Gasteiger partial charge in [0, 0.05) is 10.0 Å². The summed E-state index contributed by atoms with van der Waals surface area (Å²) in [5, 5.41) is 0. The van der Waals surface area contributed by atoms with Crippen molar-refractivity contribution < 1.29 is 22.4 Å². The predicted molar refractivity (Wildman–Crippen MR) is 100 cm³/mol. The first-order valence-corrected chi connectivity index (χ1v) is 9.99. The number of furan rings is 1. The van der Waals surface area contributed by atoms with E-state index in [1.165, 1.54) is 25.5 Å². The molecular formula is C17H16INO5S. The minimum Gasteiger partial charge on any atom is -0.467 e. The van der Waals surface area contributed by atoms with Gasteiger partial charge in [-0.1, -0.05) is 17.7 Å².